The second-order valence-corrected chi connectivity index (χ2v) is 5.87. The number of amides is 1. The third-order valence-corrected chi connectivity index (χ3v) is 4.73. The van der Waals surface area contributed by atoms with Gasteiger partial charge >= 0.3 is 0 Å². The molecule has 0 aliphatic carbocycles. The molecule has 3 heterocycles. The van der Waals surface area contributed by atoms with Crippen LogP contribution in [0.5, 0.6) is 0 Å². The highest BCUT2D eigenvalue weighted by atomic mass is 16.5. The molecule has 3 aliphatic rings. The summed E-state index contributed by atoms with van der Waals surface area (Å²) in [5.74, 6) is 1.05. The molecule has 3 atom stereocenters. The molecular weight excluding hydrogens is 228 g/mol. The second kappa shape index (κ2) is 5.57. The van der Waals surface area contributed by atoms with Crippen molar-refractivity contribution in [2.24, 2.45) is 5.92 Å². The zero-order chi connectivity index (χ0) is 12.4. The van der Waals surface area contributed by atoms with Gasteiger partial charge in [-0.05, 0) is 51.1 Å². The maximum absolute atomic E-state index is 12.1. The number of carbonyl (C=O) groups is 1. The molecule has 0 aromatic heterocycles. The molecular formula is C14H24N2O2. The van der Waals surface area contributed by atoms with Gasteiger partial charge in [-0.25, -0.2) is 0 Å². The van der Waals surface area contributed by atoms with E-state index in [9.17, 15) is 4.79 Å². The van der Waals surface area contributed by atoms with Crippen LogP contribution in [0.15, 0.2) is 0 Å². The van der Waals surface area contributed by atoms with Gasteiger partial charge in [0.25, 0.3) is 0 Å². The van der Waals surface area contributed by atoms with Crippen molar-refractivity contribution in [3.05, 3.63) is 0 Å². The van der Waals surface area contributed by atoms with Gasteiger partial charge in [0.2, 0.25) is 5.91 Å². The minimum atomic E-state index is 0.371. The Morgan fingerprint density at radius 1 is 1.33 bits per heavy atom. The smallest absolute Gasteiger partial charge is 0.222 e. The van der Waals surface area contributed by atoms with Crippen LogP contribution < -0.4 is 5.32 Å². The average molecular weight is 252 g/mol. The van der Waals surface area contributed by atoms with Gasteiger partial charge in [0.1, 0.15) is 0 Å². The van der Waals surface area contributed by atoms with Gasteiger partial charge in [0, 0.05) is 25.6 Å². The molecule has 0 radical (unpaired) electrons. The number of ether oxygens (including phenoxy) is 1. The fourth-order valence-electron chi connectivity index (χ4n) is 3.70. The Kier molecular flexibility index (Phi) is 3.85. The number of likely N-dealkylation sites (tertiary alicyclic amines) is 1. The Hall–Kier alpha value is -0.610. The van der Waals surface area contributed by atoms with E-state index in [-0.39, 0.29) is 0 Å². The van der Waals surface area contributed by atoms with E-state index in [1.54, 1.807) is 0 Å². The second-order valence-electron chi connectivity index (χ2n) is 5.87. The SMILES string of the molecule is O=C1CCC2CNCCC2N1CCC1CCCO1. The van der Waals surface area contributed by atoms with E-state index in [1.807, 2.05) is 0 Å². The van der Waals surface area contributed by atoms with Gasteiger partial charge in [-0.1, -0.05) is 0 Å². The van der Waals surface area contributed by atoms with Crippen LogP contribution in [0.25, 0.3) is 0 Å². The first-order valence-electron chi connectivity index (χ1n) is 7.46. The molecule has 0 aromatic carbocycles. The van der Waals surface area contributed by atoms with Crippen LogP contribution in [-0.4, -0.2) is 49.2 Å². The summed E-state index contributed by atoms with van der Waals surface area (Å²) in [6.45, 7) is 3.97. The summed E-state index contributed by atoms with van der Waals surface area (Å²) in [6.07, 6.45) is 6.75. The molecule has 3 aliphatic heterocycles. The number of nitrogens with zero attached hydrogens (tertiary/aromatic N) is 1. The number of nitrogens with one attached hydrogen (secondary N) is 1. The minimum Gasteiger partial charge on any atom is -0.378 e. The minimum absolute atomic E-state index is 0.371. The standard InChI is InChI=1S/C14H24N2O2/c17-14-4-3-11-10-15-7-5-13(11)16(14)8-6-12-2-1-9-18-12/h11-13,15H,1-10H2. The van der Waals surface area contributed by atoms with Crippen LogP contribution in [0.4, 0.5) is 0 Å². The predicted octanol–water partition coefficient (Wildman–Crippen LogP) is 1.16. The molecule has 0 spiro atoms. The van der Waals surface area contributed by atoms with E-state index in [4.69, 9.17) is 4.74 Å². The third kappa shape index (κ3) is 2.54. The van der Waals surface area contributed by atoms with Crippen LogP contribution in [0, 0.1) is 5.92 Å². The van der Waals surface area contributed by atoms with Gasteiger partial charge in [0.05, 0.1) is 6.10 Å². The van der Waals surface area contributed by atoms with Crippen LogP contribution in [0.2, 0.25) is 0 Å². The number of rotatable bonds is 3. The van der Waals surface area contributed by atoms with Crippen molar-refractivity contribution < 1.29 is 9.53 Å². The van der Waals surface area contributed by atoms with Gasteiger partial charge in [0.15, 0.2) is 0 Å². The Balaban J connectivity index is 1.58. The lowest BCUT2D eigenvalue weighted by atomic mass is 9.84. The Morgan fingerprint density at radius 2 is 2.28 bits per heavy atom. The van der Waals surface area contributed by atoms with E-state index in [0.29, 0.717) is 24.0 Å². The summed E-state index contributed by atoms with van der Waals surface area (Å²) >= 11 is 0. The number of hydrogen-bond acceptors (Lipinski definition) is 3. The Labute approximate surface area is 109 Å². The molecule has 3 saturated heterocycles. The maximum atomic E-state index is 12.1. The fraction of sp³-hybridized carbons (Fsp3) is 0.929. The number of hydrogen-bond donors (Lipinski definition) is 1. The van der Waals surface area contributed by atoms with Crippen molar-refractivity contribution in [2.75, 3.05) is 26.2 Å². The van der Waals surface area contributed by atoms with E-state index in [2.05, 4.69) is 10.2 Å². The lowest BCUT2D eigenvalue weighted by molar-refractivity contribution is -0.140. The molecule has 1 amide bonds. The van der Waals surface area contributed by atoms with Crippen molar-refractivity contribution in [3.8, 4) is 0 Å². The molecule has 1 N–H and O–H groups in total. The van der Waals surface area contributed by atoms with Crippen molar-refractivity contribution in [3.63, 3.8) is 0 Å². The zero-order valence-corrected chi connectivity index (χ0v) is 11.1. The van der Waals surface area contributed by atoms with Gasteiger partial charge in [-0.2, -0.15) is 0 Å². The zero-order valence-electron chi connectivity index (χ0n) is 11.1. The quantitative estimate of drug-likeness (QED) is 0.819. The first-order chi connectivity index (χ1) is 8.84. The summed E-state index contributed by atoms with van der Waals surface area (Å²) in [4.78, 5) is 14.3. The molecule has 102 valence electrons. The lowest BCUT2D eigenvalue weighted by Crippen LogP contribution is -2.55. The van der Waals surface area contributed by atoms with E-state index < -0.39 is 0 Å². The topological polar surface area (TPSA) is 41.6 Å². The van der Waals surface area contributed by atoms with E-state index >= 15 is 0 Å². The average Bonchev–Trinajstić information content (AvgIpc) is 2.91. The van der Waals surface area contributed by atoms with Crippen molar-refractivity contribution in [1.82, 2.24) is 10.2 Å². The lowest BCUT2D eigenvalue weighted by Gasteiger charge is -2.44. The molecule has 0 saturated carbocycles. The Bertz CT molecular complexity index is 302. The highest BCUT2D eigenvalue weighted by molar-refractivity contribution is 5.77. The van der Waals surface area contributed by atoms with Crippen molar-refractivity contribution >= 4 is 5.91 Å². The third-order valence-electron chi connectivity index (χ3n) is 4.73. The van der Waals surface area contributed by atoms with Gasteiger partial charge in [-0.15, -0.1) is 0 Å². The summed E-state index contributed by atoms with van der Waals surface area (Å²) in [5.41, 5.74) is 0. The molecule has 0 bridgehead atoms. The number of fused-ring (bicyclic) bond motifs is 1. The fourth-order valence-corrected chi connectivity index (χ4v) is 3.70. The molecule has 18 heavy (non-hydrogen) atoms. The molecule has 3 fully saturated rings. The van der Waals surface area contributed by atoms with Gasteiger partial charge < -0.3 is 15.0 Å². The maximum Gasteiger partial charge on any atom is 0.222 e. The summed E-state index contributed by atoms with van der Waals surface area (Å²) in [6, 6.07) is 0.494. The molecule has 3 rings (SSSR count). The number of carbonyl (C=O) groups excluding carboxylic acids is 1. The van der Waals surface area contributed by atoms with E-state index in [0.717, 1.165) is 51.9 Å². The van der Waals surface area contributed by atoms with Crippen LogP contribution >= 0.6 is 0 Å². The van der Waals surface area contributed by atoms with Crippen LogP contribution in [0.1, 0.15) is 38.5 Å². The Morgan fingerprint density at radius 3 is 3.11 bits per heavy atom. The highest BCUT2D eigenvalue weighted by Crippen LogP contribution is 2.29. The highest BCUT2D eigenvalue weighted by Gasteiger charge is 2.37. The molecule has 4 heteroatoms. The predicted molar refractivity (Wildman–Crippen MR) is 69.3 cm³/mol. The first-order valence-corrected chi connectivity index (χ1v) is 7.46. The van der Waals surface area contributed by atoms with E-state index in [1.165, 1.54) is 12.8 Å². The van der Waals surface area contributed by atoms with Crippen molar-refractivity contribution in [2.45, 2.75) is 50.7 Å². The molecule has 3 unspecified atom stereocenters. The molecule has 0 aromatic rings. The molecule has 4 nitrogen and oxygen atoms in total. The largest absolute Gasteiger partial charge is 0.378 e. The van der Waals surface area contributed by atoms with Crippen LogP contribution in [0.3, 0.4) is 0 Å². The van der Waals surface area contributed by atoms with Crippen molar-refractivity contribution in [1.29, 1.82) is 0 Å². The summed E-state index contributed by atoms with van der Waals surface area (Å²) < 4.78 is 5.66. The monoisotopic (exact) mass is 252 g/mol. The summed E-state index contributed by atoms with van der Waals surface area (Å²) in [5, 5.41) is 3.45. The van der Waals surface area contributed by atoms with Gasteiger partial charge in [-0.3, -0.25) is 4.79 Å². The number of piperidine rings is 2. The summed E-state index contributed by atoms with van der Waals surface area (Å²) in [7, 11) is 0. The normalized spacial score (nSPS) is 36.8. The first kappa shape index (κ1) is 12.4. The van der Waals surface area contributed by atoms with Crippen LogP contribution in [-0.2, 0) is 9.53 Å².